The van der Waals surface area contributed by atoms with E-state index in [2.05, 4.69) is 4.74 Å². The summed E-state index contributed by atoms with van der Waals surface area (Å²) in [5.74, 6) is -1.08. The minimum atomic E-state index is -4.73. The van der Waals surface area contributed by atoms with Crippen LogP contribution >= 0.6 is 0 Å². The highest BCUT2D eigenvalue weighted by molar-refractivity contribution is 5.83. The fourth-order valence-corrected chi connectivity index (χ4v) is 3.71. The van der Waals surface area contributed by atoms with Crippen LogP contribution in [0.15, 0.2) is 18.2 Å². The van der Waals surface area contributed by atoms with Crippen molar-refractivity contribution in [2.45, 2.75) is 32.0 Å². The second-order valence-electron chi connectivity index (χ2n) is 6.94. The number of nitrogens with zero attached hydrogens (tertiary/aromatic N) is 2. The van der Waals surface area contributed by atoms with Crippen molar-refractivity contribution < 1.29 is 27.5 Å². The van der Waals surface area contributed by atoms with E-state index in [-0.39, 0.29) is 24.1 Å². The predicted octanol–water partition coefficient (Wildman–Crippen LogP) is 2.06. The van der Waals surface area contributed by atoms with Crippen LogP contribution in [-0.4, -0.2) is 49.3 Å². The number of alkyl halides is 3. The van der Waals surface area contributed by atoms with Crippen molar-refractivity contribution >= 4 is 17.5 Å². The van der Waals surface area contributed by atoms with Crippen molar-refractivity contribution in [3.05, 3.63) is 23.8 Å². The highest BCUT2D eigenvalue weighted by Crippen LogP contribution is 2.32. The summed E-state index contributed by atoms with van der Waals surface area (Å²) in [6.45, 7) is 1.68. The second kappa shape index (κ2) is 7.66. The number of ether oxygens (including phenoxy) is 1. The van der Waals surface area contributed by atoms with Gasteiger partial charge in [0.1, 0.15) is 5.75 Å². The number of hydrogen-bond donors (Lipinski definition) is 1. The molecule has 0 spiro atoms. The molecule has 0 aliphatic carbocycles. The van der Waals surface area contributed by atoms with Crippen molar-refractivity contribution in [3.8, 4) is 5.75 Å². The molecule has 1 aromatic rings. The number of amides is 2. The summed E-state index contributed by atoms with van der Waals surface area (Å²) in [4.78, 5) is 27.6. The summed E-state index contributed by atoms with van der Waals surface area (Å²) >= 11 is 0. The molecular formula is C18H22F3N3O3. The molecule has 2 N–H and O–H groups in total. The normalized spacial score (nSPS) is 20.2. The van der Waals surface area contributed by atoms with Crippen LogP contribution in [0.5, 0.6) is 5.75 Å². The van der Waals surface area contributed by atoms with Gasteiger partial charge in [0.15, 0.2) is 0 Å². The Labute approximate surface area is 155 Å². The molecule has 2 amide bonds. The Morgan fingerprint density at radius 3 is 2.70 bits per heavy atom. The number of piperidine rings is 1. The number of anilines is 1. The van der Waals surface area contributed by atoms with Crippen molar-refractivity contribution in [2.75, 3.05) is 31.1 Å². The van der Waals surface area contributed by atoms with E-state index in [4.69, 9.17) is 5.73 Å². The Morgan fingerprint density at radius 1 is 1.22 bits per heavy atom. The molecule has 0 saturated carbocycles. The Morgan fingerprint density at radius 2 is 2.00 bits per heavy atom. The number of halogens is 3. The fourth-order valence-electron chi connectivity index (χ4n) is 3.71. The van der Waals surface area contributed by atoms with Gasteiger partial charge in [0, 0.05) is 25.3 Å². The molecule has 6 nitrogen and oxygen atoms in total. The van der Waals surface area contributed by atoms with Gasteiger partial charge in [0.25, 0.3) is 0 Å². The number of primary amides is 1. The lowest BCUT2D eigenvalue weighted by Crippen LogP contribution is -2.48. The molecule has 0 bridgehead atoms. The molecule has 2 aliphatic rings. The summed E-state index contributed by atoms with van der Waals surface area (Å²) in [5.41, 5.74) is 6.83. The Kier molecular flexibility index (Phi) is 5.48. The summed E-state index contributed by atoms with van der Waals surface area (Å²) in [6, 6.07) is 4.20. The van der Waals surface area contributed by atoms with Gasteiger partial charge in [0.2, 0.25) is 11.8 Å². The maximum absolute atomic E-state index is 12.7. The van der Waals surface area contributed by atoms with Gasteiger partial charge in [0.05, 0.1) is 12.5 Å². The standard InChI is InChI=1S/C18H22F3N3O3/c19-18(20,21)27-14-5-6-15-12(9-14)3-1-7-23(15)11-16(25)24-8-2-4-13(10-24)17(22)26/h5-6,9,13H,1-4,7-8,10-11H2,(H2,22,26)/t13-/m0/s1. The molecule has 27 heavy (non-hydrogen) atoms. The third kappa shape index (κ3) is 4.84. The third-order valence-electron chi connectivity index (χ3n) is 5.00. The quantitative estimate of drug-likeness (QED) is 0.861. The first-order chi connectivity index (χ1) is 12.7. The monoisotopic (exact) mass is 385 g/mol. The largest absolute Gasteiger partial charge is 0.573 e. The maximum atomic E-state index is 12.7. The molecule has 3 rings (SSSR count). The number of carbonyl (C=O) groups is 2. The minimum absolute atomic E-state index is 0.107. The first kappa shape index (κ1) is 19.3. The first-order valence-corrected chi connectivity index (χ1v) is 8.93. The molecule has 0 radical (unpaired) electrons. The second-order valence-corrected chi connectivity index (χ2v) is 6.94. The SMILES string of the molecule is NC(=O)[C@H]1CCCN(C(=O)CN2CCCc3cc(OC(F)(F)F)ccc32)C1. The fraction of sp³-hybridized carbons (Fsp3) is 0.556. The van der Waals surface area contributed by atoms with Gasteiger partial charge >= 0.3 is 6.36 Å². The van der Waals surface area contributed by atoms with E-state index in [1.54, 1.807) is 11.0 Å². The number of nitrogens with two attached hydrogens (primary N) is 1. The van der Waals surface area contributed by atoms with Crippen molar-refractivity contribution in [1.29, 1.82) is 0 Å². The molecule has 0 aromatic heterocycles. The van der Waals surface area contributed by atoms with Gasteiger partial charge in [-0.05, 0) is 49.4 Å². The molecule has 148 valence electrons. The topological polar surface area (TPSA) is 75.9 Å². The lowest BCUT2D eigenvalue weighted by molar-refractivity contribution is -0.274. The first-order valence-electron chi connectivity index (χ1n) is 8.93. The highest BCUT2D eigenvalue weighted by Gasteiger charge is 2.32. The smallest absolute Gasteiger partial charge is 0.406 e. The summed E-state index contributed by atoms with van der Waals surface area (Å²) in [7, 11) is 0. The van der Waals surface area contributed by atoms with Gasteiger partial charge in [-0.2, -0.15) is 0 Å². The predicted molar refractivity (Wildman–Crippen MR) is 92.2 cm³/mol. The van der Waals surface area contributed by atoms with Crippen LogP contribution in [0.2, 0.25) is 0 Å². The van der Waals surface area contributed by atoms with Gasteiger partial charge in [-0.1, -0.05) is 0 Å². The number of aryl methyl sites for hydroxylation is 1. The van der Waals surface area contributed by atoms with Crippen LogP contribution in [0.1, 0.15) is 24.8 Å². The molecule has 1 atom stereocenters. The number of carbonyl (C=O) groups excluding carboxylic acids is 2. The van der Waals surface area contributed by atoms with E-state index >= 15 is 0 Å². The molecule has 9 heteroatoms. The Balaban J connectivity index is 1.68. The molecule has 1 fully saturated rings. The number of benzene rings is 1. The number of hydrogen-bond acceptors (Lipinski definition) is 4. The Bertz CT molecular complexity index is 724. The summed E-state index contributed by atoms with van der Waals surface area (Å²) < 4.78 is 41.2. The van der Waals surface area contributed by atoms with E-state index in [0.29, 0.717) is 32.5 Å². The maximum Gasteiger partial charge on any atom is 0.573 e. The van der Waals surface area contributed by atoms with E-state index < -0.39 is 12.3 Å². The number of likely N-dealkylation sites (tertiary alicyclic amines) is 1. The summed E-state index contributed by atoms with van der Waals surface area (Å²) in [5, 5.41) is 0. The van der Waals surface area contributed by atoms with E-state index in [1.165, 1.54) is 12.1 Å². The van der Waals surface area contributed by atoms with Crippen LogP contribution in [0.4, 0.5) is 18.9 Å². The summed E-state index contributed by atoms with van der Waals surface area (Å²) in [6.07, 6.45) is -1.95. The highest BCUT2D eigenvalue weighted by atomic mass is 19.4. The average Bonchev–Trinajstić information content (AvgIpc) is 2.60. The van der Waals surface area contributed by atoms with Gasteiger partial charge in [-0.3, -0.25) is 9.59 Å². The van der Waals surface area contributed by atoms with Crippen LogP contribution in [0, 0.1) is 5.92 Å². The molecule has 2 heterocycles. The van der Waals surface area contributed by atoms with E-state index in [1.807, 2.05) is 4.90 Å². The molecule has 2 aliphatic heterocycles. The third-order valence-corrected chi connectivity index (χ3v) is 5.00. The van der Waals surface area contributed by atoms with Crippen molar-refractivity contribution in [3.63, 3.8) is 0 Å². The molecule has 1 saturated heterocycles. The van der Waals surface area contributed by atoms with Gasteiger partial charge < -0.3 is 20.3 Å². The molecule has 0 unspecified atom stereocenters. The zero-order valence-electron chi connectivity index (χ0n) is 14.8. The lowest BCUT2D eigenvalue weighted by Gasteiger charge is -2.35. The van der Waals surface area contributed by atoms with E-state index in [9.17, 15) is 22.8 Å². The zero-order valence-corrected chi connectivity index (χ0v) is 14.8. The average molecular weight is 385 g/mol. The van der Waals surface area contributed by atoms with Gasteiger partial charge in [-0.25, -0.2) is 0 Å². The number of rotatable bonds is 4. The van der Waals surface area contributed by atoms with Crippen molar-refractivity contribution in [1.82, 2.24) is 4.90 Å². The number of fused-ring (bicyclic) bond motifs is 1. The zero-order chi connectivity index (χ0) is 19.6. The molecular weight excluding hydrogens is 363 g/mol. The van der Waals surface area contributed by atoms with Crippen LogP contribution in [0.3, 0.4) is 0 Å². The lowest BCUT2D eigenvalue weighted by atomic mass is 9.97. The minimum Gasteiger partial charge on any atom is -0.406 e. The van der Waals surface area contributed by atoms with Gasteiger partial charge in [-0.15, -0.1) is 13.2 Å². The van der Waals surface area contributed by atoms with Crippen LogP contribution in [0.25, 0.3) is 0 Å². The van der Waals surface area contributed by atoms with E-state index in [0.717, 1.165) is 24.1 Å². The molecule has 1 aromatic carbocycles. The van der Waals surface area contributed by atoms with Crippen LogP contribution in [-0.2, 0) is 16.0 Å². The van der Waals surface area contributed by atoms with Crippen molar-refractivity contribution in [2.24, 2.45) is 11.7 Å². The Hall–Kier alpha value is -2.45. The van der Waals surface area contributed by atoms with Crippen LogP contribution < -0.4 is 15.4 Å².